The van der Waals surface area contributed by atoms with Crippen LogP contribution in [0.25, 0.3) is 0 Å². The van der Waals surface area contributed by atoms with Gasteiger partial charge in [0.2, 0.25) is 0 Å². The number of carbonyl (C=O) groups is 1. The van der Waals surface area contributed by atoms with Gasteiger partial charge in [-0.25, -0.2) is 0 Å². The summed E-state index contributed by atoms with van der Waals surface area (Å²) in [4.78, 5) is 16.9. The van der Waals surface area contributed by atoms with Gasteiger partial charge in [0.15, 0.2) is 0 Å². The lowest BCUT2D eigenvalue weighted by molar-refractivity contribution is 0.0735. The molecule has 0 radical (unpaired) electrons. The SMILES string of the molecule is CCc1ccc(C(=O)N(Cc2ccc(N)cc2)C2CC2)s1. The van der Waals surface area contributed by atoms with Crippen molar-refractivity contribution in [1.82, 2.24) is 4.90 Å². The Hall–Kier alpha value is -1.81. The van der Waals surface area contributed by atoms with Gasteiger partial charge < -0.3 is 10.6 Å². The molecule has 1 amide bonds. The Labute approximate surface area is 129 Å². The number of nitrogens with two attached hydrogens (primary N) is 1. The molecule has 0 bridgehead atoms. The van der Waals surface area contributed by atoms with E-state index in [1.807, 2.05) is 35.2 Å². The summed E-state index contributed by atoms with van der Waals surface area (Å²) in [6.07, 6.45) is 3.22. The molecule has 3 nitrogen and oxygen atoms in total. The number of nitrogen functional groups attached to an aromatic ring is 1. The summed E-state index contributed by atoms with van der Waals surface area (Å²) < 4.78 is 0. The summed E-state index contributed by atoms with van der Waals surface area (Å²) in [5.74, 6) is 0.166. The minimum atomic E-state index is 0.166. The highest BCUT2D eigenvalue weighted by Gasteiger charge is 2.33. The van der Waals surface area contributed by atoms with Crippen molar-refractivity contribution in [3.05, 3.63) is 51.7 Å². The van der Waals surface area contributed by atoms with E-state index in [9.17, 15) is 4.79 Å². The molecule has 1 heterocycles. The maximum Gasteiger partial charge on any atom is 0.264 e. The number of carbonyl (C=O) groups excluding carboxylic acids is 1. The highest BCUT2D eigenvalue weighted by atomic mass is 32.1. The van der Waals surface area contributed by atoms with Gasteiger partial charge in [0, 0.05) is 23.2 Å². The van der Waals surface area contributed by atoms with Crippen molar-refractivity contribution in [3.63, 3.8) is 0 Å². The molecular weight excluding hydrogens is 280 g/mol. The van der Waals surface area contributed by atoms with E-state index in [-0.39, 0.29) is 5.91 Å². The van der Waals surface area contributed by atoms with Crippen LogP contribution in [0.4, 0.5) is 5.69 Å². The average molecular weight is 300 g/mol. The van der Waals surface area contributed by atoms with E-state index in [2.05, 4.69) is 13.0 Å². The number of aryl methyl sites for hydroxylation is 1. The maximum absolute atomic E-state index is 12.7. The van der Waals surface area contributed by atoms with Gasteiger partial charge in [-0.3, -0.25) is 4.79 Å². The van der Waals surface area contributed by atoms with Crippen LogP contribution in [0.2, 0.25) is 0 Å². The van der Waals surface area contributed by atoms with Crippen molar-refractivity contribution in [1.29, 1.82) is 0 Å². The molecule has 2 aromatic rings. The van der Waals surface area contributed by atoms with Gasteiger partial charge in [-0.2, -0.15) is 0 Å². The van der Waals surface area contributed by atoms with Gasteiger partial charge >= 0.3 is 0 Å². The highest BCUT2D eigenvalue weighted by molar-refractivity contribution is 7.14. The van der Waals surface area contributed by atoms with Crippen LogP contribution >= 0.6 is 11.3 Å². The lowest BCUT2D eigenvalue weighted by Gasteiger charge is -2.22. The Morgan fingerprint density at radius 1 is 1.24 bits per heavy atom. The van der Waals surface area contributed by atoms with Crippen LogP contribution in [0.15, 0.2) is 36.4 Å². The molecule has 1 fully saturated rings. The summed E-state index contributed by atoms with van der Waals surface area (Å²) >= 11 is 1.62. The van der Waals surface area contributed by atoms with Crippen LogP contribution in [-0.2, 0) is 13.0 Å². The molecular formula is C17H20N2OS. The van der Waals surface area contributed by atoms with Gasteiger partial charge in [0.25, 0.3) is 5.91 Å². The summed E-state index contributed by atoms with van der Waals surface area (Å²) in [5, 5.41) is 0. The van der Waals surface area contributed by atoms with Crippen molar-refractivity contribution in [3.8, 4) is 0 Å². The summed E-state index contributed by atoms with van der Waals surface area (Å²) in [5.41, 5.74) is 7.61. The van der Waals surface area contributed by atoms with Crippen molar-refractivity contribution < 1.29 is 4.79 Å². The highest BCUT2D eigenvalue weighted by Crippen LogP contribution is 2.31. The van der Waals surface area contributed by atoms with Crippen molar-refractivity contribution >= 4 is 22.9 Å². The number of benzene rings is 1. The fourth-order valence-corrected chi connectivity index (χ4v) is 3.30. The van der Waals surface area contributed by atoms with Crippen molar-refractivity contribution in [2.75, 3.05) is 5.73 Å². The minimum Gasteiger partial charge on any atom is -0.399 e. The molecule has 2 N–H and O–H groups in total. The molecule has 1 aliphatic carbocycles. The quantitative estimate of drug-likeness (QED) is 0.856. The standard InChI is InChI=1S/C17H20N2OS/c1-2-15-9-10-16(21-15)17(20)19(14-7-8-14)11-12-3-5-13(18)6-4-12/h3-6,9-10,14H,2,7-8,11,18H2,1H3. The van der Waals surface area contributed by atoms with Crippen LogP contribution in [0.5, 0.6) is 0 Å². The molecule has 3 rings (SSSR count). The predicted molar refractivity (Wildman–Crippen MR) is 87.4 cm³/mol. The Morgan fingerprint density at radius 3 is 2.52 bits per heavy atom. The lowest BCUT2D eigenvalue weighted by Crippen LogP contribution is -2.32. The Balaban J connectivity index is 1.77. The second kappa shape index (κ2) is 5.90. The average Bonchev–Trinajstić information content (AvgIpc) is 3.22. The normalized spacial score (nSPS) is 14.1. The molecule has 0 saturated heterocycles. The summed E-state index contributed by atoms with van der Waals surface area (Å²) in [6, 6.07) is 12.2. The van der Waals surface area contributed by atoms with Crippen molar-refractivity contribution in [2.24, 2.45) is 0 Å². The van der Waals surface area contributed by atoms with Crippen LogP contribution in [0.1, 0.15) is 39.9 Å². The number of hydrogen-bond acceptors (Lipinski definition) is 3. The molecule has 4 heteroatoms. The molecule has 110 valence electrons. The number of amides is 1. The zero-order valence-corrected chi connectivity index (χ0v) is 13.0. The third-order valence-corrected chi connectivity index (χ3v) is 5.02. The van der Waals surface area contributed by atoms with Gasteiger partial charge in [-0.05, 0) is 49.1 Å². The van der Waals surface area contributed by atoms with Gasteiger partial charge in [0.05, 0.1) is 4.88 Å². The molecule has 0 atom stereocenters. The summed E-state index contributed by atoms with van der Waals surface area (Å²) in [7, 11) is 0. The van der Waals surface area contributed by atoms with Crippen LogP contribution < -0.4 is 5.73 Å². The Kier molecular flexibility index (Phi) is 3.97. The predicted octanol–water partition coefficient (Wildman–Crippen LogP) is 3.70. The molecule has 1 aromatic carbocycles. The van der Waals surface area contributed by atoms with Gasteiger partial charge in [0.1, 0.15) is 0 Å². The second-order valence-electron chi connectivity index (χ2n) is 5.53. The van der Waals surface area contributed by atoms with Crippen LogP contribution in [0.3, 0.4) is 0 Å². The number of nitrogens with zero attached hydrogens (tertiary/aromatic N) is 1. The third kappa shape index (κ3) is 3.27. The van der Waals surface area contributed by atoms with Gasteiger partial charge in [-0.1, -0.05) is 19.1 Å². The number of thiophene rings is 1. The van der Waals surface area contributed by atoms with E-state index in [0.717, 1.165) is 35.4 Å². The molecule has 0 spiro atoms. The number of hydrogen-bond donors (Lipinski definition) is 1. The first kappa shape index (κ1) is 14.1. The first-order valence-electron chi connectivity index (χ1n) is 7.41. The van der Waals surface area contributed by atoms with Crippen LogP contribution in [-0.4, -0.2) is 16.8 Å². The third-order valence-electron chi connectivity index (χ3n) is 3.80. The maximum atomic E-state index is 12.7. The topological polar surface area (TPSA) is 46.3 Å². The van der Waals surface area contributed by atoms with E-state index in [0.29, 0.717) is 12.6 Å². The number of anilines is 1. The second-order valence-corrected chi connectivity index (χ2v) is 6.69. The zero-order valence-electron chi connectivity index (χ0n) is 12.2. The monoisotopic (exact) mass is 300 g/mol. The molecule has 21 heavy (non-hydrogen) atoms. The fraction of sp³-hybridized carbons (Fsp3) is 0.353. The molecule has 1 aromatic heterocycles. The largest absolute Gasteiger partial charge is 0.399 e. The first-order chi connectivity index (χ1) is 10.2. The van der Waals surface area contributed by atoms with Crippen molar-refractivity contribution in [2.45, 2.75) is 38.8 Å². The van der Waals surface area contributed by atoms with E-state index >= 15 is 0 Å². The molecule has 1 saturated carbocycles. The lowest BCUT2D eigenvalue weighted by atomic mass is 10.2. The molecule has 1 aliphatic rings. The minimum absolute atomic E-state index is 0.166. The van der Waals surface area contributed by atoms with Gasteiger partial charge in [-0.15, -0.1) is 11.3 Å². The van der Waals surface area contributed by atoms with E-state index < -0.39 is 0 Å². The Morgan fingerprint density at radius 2 is 1.95 bits per heavy atom. The Bertz CT molecular complexity index is 628. The van der Waals surface area contributed by atoms with E-state index in [1.165, 1.54) is 4.88 Å². The first-order valence-corrected chi connectivity index (χ1v) is 8.23. The number of rotatable bonds is 5. The van der Waals surface area contributed by atoms with Crippen LogP contribution in [0, 0.1) is 0 Å². The van der Waals surface area contributed by atoms with E-state index in [1.54, 1.807) is 11.3 Å². The zero-order chi connectivity index (χ0) is 14.8. The fourth-order valence-electron chi connectivity index (χ4n) is 2.40. The molecule has 0 unspecified atom stereocenters. The molecule has 0 aliphatic heterocycles. The smallest absolute Gasteiger partial charge is 0.264 e. The van der Waals surface area contributed by atoms with E-state index in [4.69, 9.17) is 5.73 Å². The summed E-state index contributed by atoms with van der Waals surface area (Å²) in [6.45, 7) is 2.79.